The first-order valence-corrected chi connectivity index (χ1v) is 6.11. The summed E-state index contributed by atoms with van der Waals surface area (Å²) in [6, 6.07) is 9.70. The molecule has 0 saturated heterocycles. The molecule has 1 aromatic heterocycles. The van der Waals surface area contributed by atoms with Crippen molar-refractivity contribution in [3.8, 4) is 11.5 Å². The van der Waals surface area contributed by atoms with E-state index in [0.717, 1.165) is 11.3 Å². The highest BCUT2D eigenvalue weighted by atomic mass is 16.5. The molecule has 1 heterocycles. The van der Waals surface area contributed by atoms with E-state index in [9.17, 15) is 0 Å². The average molecular weight is 270 g/mol. The summed E-state index contributed by atoms with van der Waals surface area (Å²) in [7, 11) is 0. The molecule has 1 aromatic carbocycles. The number of hydrogen-bond donors (Lipinski definition) is 1. The van der Waals surface area contributed by atoms with Crippen LogP contribution in [0.1, 0.15) is 18.1 Å². The molecular formula is C16H18N2O2. The van der Waals surface area contributed by atoms with Crippen molar-refractivity contribution in [2.45, 2.75) is 13.8 Å². The minimum atomic E-state index is 0.470. The lowest BCUT2D eigenvalue weighted by atomic mass is 10.2. The number of anilines is 1. The summed E-state index contributed by atoms with van der Waals surface area (Å²) < 4.78 is 5.83. The van der Waals surface area contributed by atoms with E-state index >= 15 is 0 Å². The molecule has 0 atom stereocenters. The van der Waals surface area contributed by atoms with Gasteiger partial charge in [0.25, 0.3) is 0 Å². The van der Waals surface area contributed by atoms with Crippen LogP contribution < -0.4 is 10.5 Å². The summed E-state index contributed by atoms with van der Waals surface area (Å²) in [6.07, 6.45) is 5.45. The number of nitrogens with zero attached hydrogens (tertiary/aromatic N) is 1. The third-order valence-electron chi connectivity index (χ3n) is 2.56. The van der Waals surface area contributed by atoms with Gasteiger partial charge in [-0.25, -0.2) is 4.98 Å². The quantitative estimate of drug-likeness (QED) is 0.925. The van der Waals surface area contributed by atoms with Crippen molar-refractivity contribution in [1.82, 2.24) is 4.98 Å². The lowest BCUT2D eigenvalue weighted by Crippen LogP contribution is -1.96. The van der Waals surface area contributed by atoms with E-state index in [1.807, 2.05) is 63.1 Å². The topological polar surface area (TPSA) is 65.2 Å². The monoisotopic (exact) mass is 270 g/mol. The zero-order chi connectivity index (χ0) is 15.0. The molecule has 0 unspecified atom stereocenters. The van der Waals surface area contributed by atoms with E-state index < -0.39 is 0 Å². The number of nitrogens with two attached hydrogens (primary N) is 1. The van der Waals surface area contributed by atoms with Crippen LogP contribution in [0.5, 0.6) is 11.5 Å². The fourth-order valence-corrected chi connectivity index (χ4v) is 1.63. The van der Waals surface area contributed by atoms with Crippen LogP contribution in [0.25, 0.3) is 6.08 Å². The molecule has 4 heteroatoms. The normalized spacial score (nSPS) is 9.90. The molecule has 0 spiro atoms. The number of aromatic nitrogens is 1. The Bertz CT molecular complexity index is 578. The van der Waals surface area contributed by atoms with Crippen molar-refractivity contribution in [3.05, 3.63) is 53.7 Å². The highest BCUT2D eigenvalue weighted by Gasteiger charge is 2.06. The fraction of sp³-hybridized carbons (Fsp3) is 0.125. The maximum atomic E-state index is 8.00. The highest BCUT2D eigenvalue weighted by Crippen LogP contribution is 2.29. The van der Waals surface area contributed by atoms with Crippen LogP contribution in [0.2, 0.25) is 0 Å². The molecule has 20 heavy (non-hydrogen) atoms. The Hall–Kier alpha value is -2.62. The molecule has 0 fully saturated rings. The number of allylic oxidation sites excluding steroid dienone is 1. The minimum Gasteiger partial charge on any atom is -0.457 e. The number of benzene rings is 1. The molecule has 4 nitrogen and oxygen atoms in total. The van der Waals surface area contributed by atoms with Gasteiger partial charge in [-0.2, -0.15) is 0 Å². The first-order chi connectivity index (χ1) is 9.70. The maximum absolute atomic E-state index is 8.00. The number of aryl methyl sites for hydroxylation is 1. The number of ether oxygens (including phenoxy) is 1. The number of carbonyl (C=O) groups excluding carboxylic acids is 1. The van der Waals surface area contributed by atoms with Gasteiger partial charge in [-0.15, -0.1) is 0 Å². The van der Waals surface area contributed by atoms with Crippen LogP contribution in [0.4, 0.5) is 5.82 Å². The van der Waals surface area contributed by atoms with Crippen LogP contribution in [0, 0.1) is 6.92 Å². The number of pyridine rings is 1. The second-order valence-corrected chi connectivity index (χ2v) is 4.02. The van der Waals surface area contributed by atoms with E-state index in [1.165, 1.54) is 5.56 Å². The van der Waals surface area contributed by atoms with E-state index in [1.54, 1.807) is 6.20 Å². The lowest BCUT2D eigenvalue weighted by Gasteiger charge is -2.10. The fourth-order valence-electron chi connectivity index (χ4n) is 1.63. The van der Waals surface area contributed by atoms with Crippen molar-refractivity contribution in [2.24, 2.45) is 0 Å². The average Bonchev–Trinajstić information content (AvgIpc) is 2.47. The van der Waals surface area contributed by atoms with Gasteiger partial charge in [-0.1, -0.05) is 29.8 Å². The lowest BCUT2D eigenvalue weighted by molar-refractivity contribution is -0.0979. The summed E-state index contributed by atoms with van der Waals surface area (Å²) in [5.74, 6) is 1.97. The first-order valence-electron chi connectivity index (χ1n) is 6.11. The van der Waals surface area contributed by atoms with Crippen LogP contribution in [0.15, 0.2) is 42.6 Å². The summed E-state index contributed by atoms with van der Waals surface area (Å²) in [5.41, 5.74) is 7.85. The van der Waals surface area contributed by atoms with Gasteiger partial charge in [-0.05, 0) is 32.0 Å². The molecule has 0 bridgehead atoms. The Morgan fingerprint density at radius 3 is 2.45 bits per heavy atom. The van der Waals surface area contributed by atoms with E-state index in [2.05, 4.69) is 4.98 Å². The smallest absolute Gasteiger partial charge is 0.139 e. The summed E-state index contributed by atoms with van der Waals surface area (Å²) in [6.45, 7) is 5.97. The van der Waals surface area contributed by atoms with Gasteiger partial charge < -0.3 is 15.3 Å². The van der Waals surface area contributed by atoms with Gasteiger partial charge in [0.15, 0.2) is 0 Å². The molecule has 0 amide bonds. The predicted octanol–water partition coefficient (Wildman–Crippen LogP) is 3.61. The number of carbonyl (C=O) groups is 1. The summed E-state index contributed by atoms with van der Waals surface area (Å²) in [5, 5.41) is 0. The SMILES string of the molecule is C/C=C\c1c(Oc2ccc(C)cc2)ccnc1N.C=O. The second kappa shape index (κ2) is 7.74. The molecule has 0 aliphatic heterocycles. The van der Waals surface area contributed by atoms with Gasteiger partial charge in [0, 0.05) is 6.20 Å². The van der Waals surface area contributed by atoms with Crippen molar-refractivity contribution < 1.29 is 9.53 Å². The van der Waals surface area contributed by atoms with Gasteiger partial charge in [0.1, 0.15) is 24.1 Å². The van der Waals surface area contributed by atoms with Crippen LogP contribution in [0.3, 0.4) is 0 Å². The van der Waals surface area contributed by atoms with Crippen molar-refractivity contribution in [1.29, 1.82) is 0 Å². The third kappa shape index (κ3) is 3.95. The molecule has 2 aromatic rings. The van der Waals surface area contributed by atoms with Crippen molar-refractivity contribution in [3.63, 3.8) is 0 Å². The Morgan fingerprint density at radius 2 is 1.85 bits per heavy atom. The van der Waals surface area contributed by atoms with E-state index in [4.69, 9.17) is 15.3 Å². The number of nitrogen functional groups attached to an aromatic ring is 1. The van der Waals surface area contributed by atoms with Gasteiger partial charge >= 0.3 is 0 Å². The zero-order valence-corrected chi connectivity index (χ0v) is 11.7. The van der Waals surface area contributed by atoms with Crippen LogP contribution >= 0.6 is 0 Å². The van der Waals surface area contributed by atoms with Gasteiger partial charge in [-0.3, -0.25) is 0 Å². The standard InChI is InChI=1S/C15H16N2O.CH2O/c1-3-4-13-14(9-10-17-15(13)16)18-12-7-5-11(2)6-8-12;1-2/h3-10H,1-2H3,(H2,16,17);1H2/b4-3-;. The number of hydrogen-bond acceptors (Lipinski definition) is 4. The van der Waals surface area contributed by atoms with Crippen molar-refractivity contribution >= 4 is 18.7 Å². The zero-order valence-electron chi connectivity index (χ0n) is 11.7. The molecule has 2 rings (SSSR count). The second-order valence-electron chi connectivity index (χ2n) is 4.02. The minimum absolute atomic E-state index is 0.470. The van der Waals surface area contributed by atoms with Gasteiger partial charge in [0.2, 0.25) is 0 Å². The van der Waals surface area contributed by atoms with Crippen molar-refractivity contribution in [2.75, 3.05) is 5.73 Å². The molecule has 2 N–H and O–H groups in total. The predicted molar refractivity (Wildman–Crippen MR) is 81.7 cm³/mol. The third-order valence-corrected chi connectivity index (χ3v) is 2.56. The van der Waals surface area contributed by atoms with E-state index in [-0.39, 0.29) is 0 Å². The largest absolute Gasteiger partial charge is 0.457 e. The van der Waals surface area contributed by atoms with Crippen LogP contribution in [-0.2, 0) is 4.79 Å². The molecule has 0 aliphatic rings. The first kappa shape index (κ1) is 15.4. The molecule has 0 radical (unpaired) electrons. The number of rotatable bonds is 3. The van der Waals surface area contributed by atoms with Gasteiger partial charge in [0.05, 0.1) is 5.56 Å². The van der Waals surface area contributed by atoms with E-state index in [0.29, 0.717) is 11.6 Å². The molecule has 0 aliphatic carbocycles. The maximum Gasteiger partial charge on any atom is 0.139 e. The Labute approximate surface area is 118 Å². The Morgan fingerprint density at radius 1 is 1.20 bits per heavy atom. The molecule has 104 valence electrons. The molecule has 0 saturated carbocycles. The highest BCUT2D eigenvalue weighted by molar-refractivity contribution is 5.67. The summed E-state index contributed by atoms with van der Waals surface area (Å²) >= 11 is 0. The molecular weight excluding hydrogens is 252 g/mol. The Kier molecular flexibility index (Phi) is 5.97. The summed E-state index contributed by atoms with van der Waals surface area (Å²) in [4.78, 5) is 12.1. The Balaban J connectivity index is 0.000000956. The van der Waals surface area contributed by atoms with Crippen LogP contribution in [-0.4, -0.2) is 11.8 Å².